The largest absolute Gasteiger partial charge is 0.493 e. The van der Waals surface area contributed by atoms with Crippen LogP contribution in [0.3, 0.4) is 0 Å². The van der Waals surface area contributed by atoms with Crippen LogP contribution in [0.2, 0.25) is 0 Å². The van der Waals surface area contributed by atoms with E-state index in [-0.39, 0.29) is 0 Å². The molecule has 0 aromatic heterocycles. The lowest BCUT2D eigenvalue weighted by atomic mass is 10.3. The summed E-state index contributed by atoms with van der Waals surface area (Å²) in [4.78, 5) is 0.801. The van der Waals surface area contributed by atoms with Crippen LogP contribution in [0.5, 0.6) is 5.75 Å². The Bertz CT molecular complexity index is 572. The monoisotopic (exact) mass is 339 g/mol. The van der Waals surface area contributed by atoms with Gasteiger partial charge in [-0.15, -0.1) is 0 Å². The van der Waals surface area contributed by atoms with Gasteiger partial charge < -0.3 is 10.5 Å². The maximum Gasteiger partial charge on any atom is 0.119 e. The van der Waals surface area contributed by atoms with Crippen LogP contribution in [0.4, 0.5) is 5.69 Å². The quantitative estimate of drug-likeness (QED) is 0.851. The van der Waals surface area contributed by atoms with E-state index in [0.717, 1.165) is 15.1 Å². The van der Waals surface area contributed by atoms with E-state index in [2.05, 4.69) is 15.9 Å². The maximum atomic E-state index is 12.0. The Kier molecular flexibility index (Phi) is 4.99. The number of halogens is 1. The van der Waals surface area contributed by atoms with Crippen molar-refractivity contribution in [2.75, 3.05) is 18.1 Å². The number of hydrogen-bond acceptors (Lipinski definition) is 3. The first-order valence-corrected chi connectivity index (χ1v) is 7.88. The van der Waals surface area contributed by atoms with Crippen molar-refractivity contribution in [3.8, 4) is 5.75 Å². The van der Waals surface area contributed by atoms with Gasteiger partial charge in [-0.05, 0) is 42.5 Å². The van der Waals surface area contributed by atoms with E-state index >= 15 is 0 Å². The summed E-state index contributed by atoms with van der Waals surface area (Å²) in [6, 6.07) is 14.7. The molecule has 1 atom stereocenters. The van der Waals surface area contributed by atoms with Gasteiger partial charge in [-0.1, -0.05) is 22.0 Å². The van der Waals surface area contributed by atoms with Crippen LogP contribution in [0.15, 0.2) is 57.9 Å². The molecular weight excluding hydrogens is 326 g/mol. The zero-order valence-corrected chi connectivity index (χ0v) is 12.6. The zero-order valence-electron chi connectivity index (χ0n) is 10.2. The number of benzene rings is 2. The summed E-state index contributed by atoms with van der Waals surface area (Å²) < 4.78 is 18.5. The van der Waals surface area contributed by atoms with Crippen LogP contribution >= 0.6 is 15.9 Å². The first-order valence-electron chi connectivity index (χ1n) is 5.77. The molecule has 3 nitrogen and oxygen atoms in total. The third-order valence-electron chi connectivity index (χ3n) is 2.48. The SMILES string of the molecule is Nc1ccc(OCCS(=O)c2cccc(Br)c2)cc1. The third kappa shape index (κ3) is 4.36. The molecule has 2 N–H and O–H groups in total. The second kappa shape index (κ2) is 6.73. The fourth-order valence-corrected chi connectivity index (χ4v) is 3.04. The summed E-state index contributed by atoms with van der Waals surface area (Å²) in [7, 11) is -1.05. The highest BCUT2D eigenvalue weighted by Gasteiger charge is 2.04. The van der Waals surface area contributed by atoms with E-state index in [1.165, 1.54) is 0 Å². The average Bonchev–Trinajstić information content (AvgIpc) is 2.41. The highest BCUT2D eigenvalue weighted by atomic mass is 79.9. The summed E-state index contributed by atoms with van der Waals surface area (Å²) in [5, 5.41) is 0. The molecule has 0 heterocycles. The molecule has 2 aromatic rings. The summed E-state index contributed by atoms with van der Waals surface area (Å²) in [6.45, 7) is 0.406. The van der Waals surface area contributed by atoms with E-state index < -0.39 is 10.8 Å². The Labute approximate surface area is 123 Å². The van der Waals surface area contributed by atoms with Crippen molar-refractivity contribution in [1.29, 1.82) is 0 Å². The molecule has 0 radical (unpaired) electrons. The Morgan fingerprint density at radius 3 is 2.58 bits per heavy atom. The minimum Gasteiger partial charge on any atom is -0.493 e. The molecule has 2 rings (SSSR count). The Hall–Kier alpha value is -1.33. The van der Waals surface area contributed by atoms with E-state index in [1.54, 1.807) is 24.3 Å². The van der Waals surface area contributed by atoms with Crippen LogP contribution in [-0.4, -0.2) is 16.6 Å². The molecule has 0 bridgehead atoms. The average molecular weight is 340 g/mol. The molecule has 2 aromatic carbocycles. The van der Waals surface area contributed by atoms with Gasteiger partial charge in [0, 0.05) is 15.1 Å². The van der Waals surface area contributed by atoms with Crippen LogP contribution in [0.25, 0.3) is 0 Å². The van der Waals surface area contributed by atoms with Gasteiger partial charge in [-0.2, -0.15) is 0 Å². The molecule has 0 aliphatic carbocycles. The fourth-order valence-electron chi connectivity index (χ4n) is 1.53. The van der Waals surface area contributed by atoms with E-state index in [4.69, 9.17) is 10.5 Å². The molecule has 1 unspecified atom stereocenters. The highest BCUT2D eigenvalue weighted by Crippen LogP contribution is 2.16. The molecule has 0 spiro atoms. The first-order chi connectivity index (χ1) is 9.15. The Balaban J connectivity index is 1.86. The van der Waals surface area contributed by atoms with Gasteiger partial charge in [0.2, 0.25) is 0 Å². The van der Waals surface area contributed by atoms with Gasteiger partial charge in [0.05, 0.1) is 16.6 Å². The molecule has 0 aliphatic heterocycles. The molecule has 0 fully saturated rings. The van der Waals surface area contributed by atoms with E-state index in [9.17, 15) is 4.21 Å². The Morgan fingerprint density at radius 1 is 1.16 bits per heavy atom. The van der Waals surface area contributed by atoms with Gasteiger partial charge in [0.15, 0.2) is 0 Å². The molecule has 100 valence electrons. The molecule has 0 amide bonds. The number of nitrogen functional groups attached to an aromatic ring is 1. The number of ether oxygens (including phenoxy) is 1. The first kappa shape index (κ1) is 14.1. The fraction of sp³-hybridized carbons (Fsp3) is 0.143. The maximum absolute atomic E-state index is 12.0. The lowest BCUT2D eigenvalue weighted by Gasteiger charge is -2.06. The van der Waals surface area contributed by atoms with Crippen molar-refractivity contribution in [3.63, 3.8) is 0 Å². The van der Waals surface area contributed by atoms with Crippen LogP contribution in [-0.2, 0) is 10.8 Å². The van der Waals surface area contributed by atoms with E-state index in [1.807, 2.05) is 24.3 Å². The van der Waals surface area contributed by atoms with Gasteiger partial charge >= 0.3 is 0 Å². The Morgan fingerprint density at radius 2 is 1.89 bits per heavy atom. The van der Waals surface area contributed by atoms with Crippen molar-refractivity contribution in [1.82, 2.24) is 0 Å². The molecule has 0 saturated heterocycles. The number of rotatable bonds is 5. The van der Waals surface area contributed by atoms with Crippen LogP contribution in [0, 0.1) is 0 Å². The highest BCUT2D eigenvalue weighted by molar-refractivity contribution is 9.10. The number of anilines is 1. The van der Waals surface area contributed by atoms with Crippen molar-refractivity contribution >= 4 is 32.4 Å². The molecule has 0 saturated carbocycles. The van der Waals surface area contributed by atoms with E-state index in [0.29, 0.717) is 18.0 Å². The summed E-state index contributed by atoms with van der Waals surface area (Å²) in [5.41, 5.74) is 6.28. The smallest absolute Gasteiger partial charge is 0.119 e. The number of hydrogen-bond donors (Lipinski definition) is 1. The predicted molar refractivity (Wildman–Crippen MR) is 81.8 cm³/mol. The van der Waals surface area contributed by atoms with Crippen molar-refractivity contribution in [3.05, 3.63) is 53.0 Å². The minimum atomic E-state index is -1.05. The summed E-state index contributed by atoms with van der Waals surface area (Å²) in [6.07, 6.45) is 0. The van der Waals surface area contributed by atoms with Crippen molar-refractivity contribution < 1.29 is 8.95 Å². The lowest BCUT2D eigenvalue weighted by Crippen LogP contribution is -2.08. The van der Waals surface area contributed by atoms with Crippen molar-refractivity contribution in [2.45, 2.75) is 4.90 Å². The van der Waals surface area contributed by atoms with Gasteiger partial charge in [0.25, 0.3) is 0 Å². The van der Waals surface area contributed by atoms with Gasteiger partial charge in [-0.3, -0.25) is 4.21 Å². The minimum absolute atomic E-state index is 0.406. The summed E-state index contributed by atoms with van der Waals surface area (Å²) >= 11 is 3.36. The van der Waals surface area contributed by atoms with Crippen molar-refractivity contribution in [2.24, 2.45) is 0 Å². The van der Waals surface area contributed by atoms with Crippen LogP contribution in [0.1, 0.15) is 0 Å². The van der Waals surface area contributed by atoms with Gasteiger partial charge in [0.1, 0.15) is 12.4 Å². The predicted octanol–water partition coefficient (Wildman–Crippen LogP) is 3.22. The van der Waals surface area contributed by atoms with Gasteiger partial charge in [-0.25, -0.2) is 0 Å². The zero-order chi connectivity index (χ0) is 13.7. The normalized spacial score (nSPS) is 12.1. The molecule has 0 aliphatic rings. The topological polar surface area (TPSA) is 52.3 Å². The second-order valence-electron chi connectivity index (χ2n) is 3.92. The number of nitrogens with two attached hydrogens (primary N) is 1. The molecular formula is C14H14BrNO2S. The molecule has 19 heavy (non-hydrogen) atoms. The molecule has 5 heteroatoms. The second-order valence-corrected chi connectivity index (χ2v) is 6.41. The van der Waals surface area contributed by atoms with Crippen LogP contribution < -0.4 is 10.5 Å². The summed E-state index contributed by atoms with van der Waals surface area (Å²) in [5.74, 6) is 1.20. The standard InChI is InChI=1S/C14H14BrNO2S/c15-11-2-1-3-14(10-11)19(17)9-8-18-13-6-4-12(16)5-7-13/h1-7,10H,8-9,16H2. The third-order valence-corrected chi connectivity index (χ3v) is 4.29. The lowest BCUT2D eigenvalue weighted by molar-refractivity contribution is 0.342.